The van der Waals surface area contributed by atoms with Crippen LogP contribution in [0, 0.1) is 0 Å². The minimum absolute atomic E-state index is 0.0398. The number of thioether (sulfide) groups is 1. The van der Waals surface area contributed by atoms with Gasteiger partial charge in [0.25, 0.3) is 0 Å². The third kappa shape index (κ3) is 5.32. The van der Waals surface area contributed by atoms with Crippen LogP contribution >= 0.6 is 11.8 Å². The molecule has 0 unspecified atom stereocenters. The van der Waals surface area contributed by atoms with Crippen molar-refractivity contribution in [2.45, 2.75) is 57.1 Å². The van der Waals surface area contributed by atoms with Crippen molar-refractivity contribution >= 4 is 29.3 Å². The summed E-state index contributed by atoms with van der Waals surface area (Å²) in [4.78, 5) is 23.5. The molecule has 0 saturated heterocycles. The fourth-order valence-corrected chi connectivity index (χ4v) is 3.49. The van der Waals surface area contributed by atoms with Gasteiger partial charge in [0.05, 0.1) is 11.4 Å². The van der Waals surface area contributed by atoms with E-state index in [9.17, 15) is 9.59 Å². The fraction of sp³-hybridized carbons (Fsp3) is 0.474. The molecular weight excluding hydrogens is 362 g/mol. The number of aromatic nitrogens is 3. The number of hydrogen-bond acceptors (Lipinski definition) is 5. The molecule has 1 aromatic heterocycles. The number of carbonyl (C=O) groups is 2. The molecule has 1 heterocycles. The molecule has 0 aliphatic heterocycles. The predicted octanol–water partition coefficient (Wildman–Crippen LogP) is 3.11. The number of hydrogen-bond donors (Lipinski definition) is 2. The van der Waals surface area contributed by atoms with E-state index in [2.05, 4.69) is 20.8 Å². The van der Waals surface area contributed by atoms with E-state index in [1.165, 1.54) is 18.7 Å². The predicted molar refractivity (Wildman–Crippen MR) is 106 cm³/mol. The first kappa shape index (κ1) is 19.4. The first-order valence-corrected chi connectivity index (χ1v) is 9.98. The van der Waals surface area contributed by atoms with Crippen LogP contribution in [0.5, 0.6) is 0 Å². The lowest BCUT2D eigenvalue weighted by molar-refractivity contribution is -0.120. The van der Waals surface area contributed by atoms with E-state index in [4.69, 9.17) is 0 Å². The molecule has 7 nitrogen and oxygen atoms in total. The van der Waals surface area contributed by atoms with Gasteiger partial charge in [-0.2, -0.15) is 0 Å². The van der Waals surface area contributed by atoms with Crippen molar-refractivity contribution in [3.63, 3.8) is 0 Å². The highest BCUT2D eigenvalue weighted by Crippen LogP contribution is 2.41. The largest absolute Gasteiger partial charge is 0.351 e. The highest BCUT2D eigenvalue weighted by atomic mass is 32.2. The van der Waals surface area contributed by atoms with E-state index in [1.807, 2.05) is 49.6 Å². The van der Waals surface area contributed by atoms with E-state index in [0.29, 0.717) is 11.1 Å². The zero-order valence-corrected chi connectivity index (χ0v) is 16.9. The van der Waals surface area contributed by atoms with E-state index < -0.39 is 0 Å². The van der Waals surface area contributed by atoms with Gasteiger partial charge in [-0.05, 0) is 51.8 Å². The zero-order valence-electron chi connectivity index (χ0n) is 16.1. The summed E-state index contributed by atoms with van der Waals surface area (Å²) in [6, 6.07) is 7.59. The molecule has 1 aliphatic rings. The Balaban J connectivity index is 1.85. The van der Waals surface area contributed by atoms with Crippen LogP contribution in [0.15, 0.2) is 29.4 Å². The molecular formula is C19H25N5O2S. The normalized spacial score (nSPS) is 14.1. The van der Waals surface area contributed by atoms with Crippen molar-refractivity contribution in [3.8, 4) is 5.69 Å². The number of anilines is 1. The Morgan fingerprint density at radius 3 is 2.63 bits per heavy atom. The van der Waals surface area contributed by atoms with E-state index in [0.717, 1.165) is 30.0 Å². The van der Waals surface area contributed by atoms with Gasteiger partial charge in [-0.25, -0.2) is 0 Å². The summed E-state index contributed by atoms with van der Waals surface area (Å²) in [5, 5.41) is 15.1. The van der Waals surface area contributed by atoms with Crippen LogP contribution < -0.4 is 10.6 Å². The van der Waals surface area contributed by atoms with Crippen LogP contribution in [-0.4, -0.2) is 37.9 Å². The Morgan fingerprint density at radius 1 is 1.26 bits per heavy atom. The Bertz CT molecular complexity index is 852. The monoisotopic (exact) mass is 387 g/mol. The molecule has 1 aromatic carbocycles. The number of nitrogens with zero attached hydrogens (tertiary/aromatic N) is 3. The maximum absolute atomic E-state index is 12.2. The summed E-state index contributed by atoms with van der Waals surface area (Å²) in [5.41, 5.74) is 1.33. The van der Waals surface area contributed by atoms with Crippen molar-refractivity contribution < 1.29 is 9.59 Å². The van der Waals surface area contributed by atoms with Gasteiger partial charge in [0, 0.05) is 24.1 Å². The number of carbonyl (C=O) groups excluding carboxylic acids is 2. The molecule has 1 saturated carbocycles. The molecule has 0 atom stereocenters. The second-order valence-electron chi connectivity index (χ2n) is 7.77. The van der Waals surface area contributed by atoms with Crippen molar-refractivity contribution in [1.29, 1.82) is 0 Å². The molecule has 3 rings (SSSR count). The van der Waals surface area contributed by atoms with Gasteiger partial charge in [0.2, 0.25) is 11.8 Å². The lowest BCUT2D eigenvalue weighted by atomic mass is 10.1. The Kier molecular flexibility index (Phi) is 5.55. The van der Waals surface area contributed by atoms with Gasteiger partial charge >= 0.3 is 0 Å². The van der Waals surface area contributed by atoms with Crippen molar-refractivity contribution in [1.82, 2.24) is 20.1 Å². The van der Waals surface area contributed by atoms with E-state index in [1.54, 1.807) is 0 Å². The number of benzene rings is 1. The Morgan fingerprint density at radius 2 is 2.00 bits per heavy atom. The van der Waals surface area contributed by atoms with Gasteiger partial charge in [-0.1, -0.05) is 17.8 Å². The first-order valence-electron chi connectivity index (χ1n) is 9.00. The van der Waals surface area contributed by atoms with Gasteiger partial charge in [0.15, 0.2) is 5.16 Å². The zero-order chi connectivity index (χ0) is 19.6. The highest BCUT2D eigenvalue weighted by Gasteiger charge is 2.31. The van der Waals surface area contributed by atoms with E-state index >= 15 is 0 Å². The Hall–Kier alpha value is -2.35. The molecule has 1 fully saturated rings. The second-order valence-corrected chi connectivity index (χ2v) is 8.71. The van der Waals surface area contributed by atoms with Crippen LogP contribution in [-0.2, 0) is 9.59 Å². The quantitative estimate of drug-likeness (QED) is 0.744. The minimum atomic E-state index is -0.267. The van der Waals surface area contributed by atoms with Gasteiger partial charge in [-0.15, -0.1) is 10.2 Å². The van der Waals surface area contributed by atoms with Gasteiger partial charge in [0.1, 0.15) is 5.82 Å². The molecule has 2 aromatic rings. The van der Waals surface area contributed by atoms with Crippen LogP contribution in [0.25, 0.3) is 5.69 Å². The highest BCUT2D eigenvalue weighted by molar-refractivity contribution is 7.99. The summed E-state index contributed by atoms with van der Waals surface area (Å²) in [5.74, 6) is 1.42. The number of amides is 2. The summed E-state index contributed by atoms with van der Waals surface area (Å²) < 4.78 is 2.00. The molecule has 2 amide bonds. The summed E-state index contributed by atoms with van der Waals surface area (Å²) in [6.07, 6.45) is 2.19. The first-order chi connectivity index (χ1) is 12.7. The average Bonchev–Trinajstić information content (AvgIpc) is 3.30. The number of nitrogens with one attached hydrogen (secondary N) is 2. The molecule has 1 aliphatic carbocycles. The SMILES string of the molecule is CC(=O)Nc1cccc(-n2c(SCC(=O)NC(C)(C)C)nnc2C2CC2)c1. The molecule has 144 valence electrons. The molecule has 27 heavy (non-hydrogen) atoms. The standard InChI is InChI=1S/C19H25N5O2S/c1-12(25)20-14-6-5-7-15(10-14)24-17(13-8-9-13)22-23-18(24)27-11-16(26)21-19(2,3)4/h5-7,10,13H,8-9,11H2,1-4H3,(H,20,25)(H,21,26). The van der Waals surface area contributed by atoms with Crippen LogP contribution in [0.3, 0.4) is 0 Å². The molecule has 0 spiro atoms. The molecule has 8 heteroatoms. The maximum Gasteiger partial charge on any atom is 0.230 e. The third-order valence-corrected chi connectivity index (χ3v) is 4.80. The Labute approximate surface area is 163 Å². The second kappa shape index (κ2) is 7.72. The van der Waals surface area contributed by atoms with E-state index in [-0.39, 0.29) is 23.1 Å². The summed E-state index contributed by atoms with van der Waals surface area (Å²) in [6.45, 7) is 7.35. The van der Waals surface area contributed by atoms with Gasteiger partial charge in [-0.3, -0.25) is 14.2 Å². The topological polar surface area (TPSA) is 88.9 Å². The molecule has 0 radical (unpaired) electrons. The third-order valence-electron chi connectivity index (χ3n) is 3.87. The molecule has 2 N–H and O–H groups in total. The lowest BCUT2D eigenvalue weighted by Gasteiger charge is -2.20. The van der Waals surface area contributed by atoms with Crippen molar-refractivity contribution in [2.24, 2.45) is 0 Å². The minimum Gasteiger partial charge on any atom is -0.351 e. The summed E-state index contributed by atoms with van der Waals surface area (Å²) in [7, 11) is 0. The van der Waals surface area contributed by atoms with Crippen LogP contribution in [0.2, 0.25) is 0 Å². The maximum atomic E-state index is 12.2. The fourth-order valence-electron chi connectivity index (χ4n) is 2.73. The van der Waals surface area contributed by atoms with Gasteiger partial charge < -0.3 is 10.6 Å². The lowest BCUT2D eigenvalue weighted by Crippen LogP contribution is -2.41. The number of rotatable bonds is 6. The smallest absolute Gasteiger partial charge is 0.230 e. The van der Waals surface area contributed by atoms with Crippen molar-refractivity contribution in [2.75, 3.05) is 11.1 Å². The van der Waals surface area contributed by atoms with Crippen LogP contribution in [0.4, 0.5) is 5.69 Å². The van der Waals surface area contributed by atoms with Crippen LogP contribution in [0.1, 0.15) is 52.3 Å². The average molecular weight is 388 g/mol. The molecule has 0 bridgehead atoms. The van der Waals surface area contributed by atoms with Crippen molar-refractivity contribution in [3.05, 3.63) is 30.1 Å². The summed E-state index contributed by atoms with van der Waals surface area (Å²) >= 11 is 1.37.